The molecule has 1 aliphatic heterocycles. The maximum absolute atomic E-state index is 12.7. The standard InChI is InChI=1S/C12H15Br2NO3S/c1-8-11(5-6-18-8)15(2)19(16,17)12-7-9(13)3-4-10(12)14/h3-4,7-8,11H,5-6H2,1-2H3. The first-order valence-corrected chi connectivity index (χ1v) is 8.91. The van der Waals surface area contributed by atoms with Crippen LogP contribution in [0.15, 0.2) is 32.0 Å². The smallest absolute Gasteiger partial charge is 0.244 e. The highest BCUT2D eigenvalue weighted by atomic mass is 79.9. The fraction of sp³-hybridized carbons (Fsp3) is 0.500. The largest absolute Gasteiger partial charge is 0.377 e. The molecule has 1 saturated heterocycles. The molecule has 2 unspecified atom stereocenters. The normalized spacial score (nSPS) is 24.1. The first-order chi connectivity index (χ1) is 8.84. The summed E-state index contributed by atoms with van der Waals surface area (Å²) in [6.07, 6.45) is 0.647. The second-order valence-electron chi connectivity index (χ2n) is 4.53. The quantitative estimate of drug-likeness (QED) is 0.766. The number of benzene rings is 1. The fourth-order valence-corrected chi connectivity index (χ4v) is 5.11. The molecule has 1 aliphatic rings. The molecule has 1 heterocycles. The van der Waals surface area contributed by atoms with Crippen molar-refractivity contribution in [3.8, 4) is 0 Å². The summed E-state index contributed by atoms with van der Waals surface area (Å²) in [7, 11) is -1.92. The minimum Gasteiger partial charge on any atom is -0.377 e. The van der Waals surface area contributed by atoms with Crippen LogP contribution in [0.5, 0.6) is 0 Å². The summed E-state index contributed by atoms with van der Waals surface area (Å²) >= 11 is 6.61. The van der Waals surface area contributed by atoms with Gasteiger partial charge in [-0.05, 0) is 47.5 Å². The molecule has 1 fully saturated rings. The third kappa shape index (κ3) is 3.05. The zero-order valence-electron chi connectivity index (χ0n) is 10.6. The van der Waals surface area contributed by atoms with E-state index in [9.17, 15) is 8.42 Å². The second-order valence-corrected chi connectivity index (χ2v) is 8.26. The first-order valence-electron chi connectivity index (χ1n) is 5.88. The van der Waals surface area contributed by atoms with E-state index >= 15 is 0 Å². The number of ether oxygens (including phenoxy) is 1. The van der Waals surface area contributed by atoms with Crippen molar-refractivity contribution < 1.29 is 13.2 Å². The summed E-state index contributed by atoms with van der Waals surface area (Å²) < 4.78 is 33.5. The molecule has 2 rings (SSSR count). The Morgan fingerprint density at radius 1 is 1.37 bits per heavy atom. The van der Waals surface area contributed by atoms with Gasteiger partial charge in [-0.1, -0.05) is 15.9 Å². The van der Waals surface area contributed by atoms with E-state index in [4.69, 9.17) is 4.74 Å². The Balaban J connectivity index is 2.39. The number of hydrogen-bond donors (Lipinski definition) is 0. The van der Waals surface area contributed by atoms with Gasteiger partial charge in [0.2, 0.25) is 10.0 Å². The molecule has 0 N–H and O–H groups in total. The third-order valence-electron chi connectivity index (χ3n) is 3.35. The van der Waals surface area contributed by atoms with Crippen LogP contribution >= 0.6 is 31.9 Å². The number of halogens is 2. The minimum atomic E-state index is -3.53. The van der Waals surface area contributed by atoms with Gasteiger partial charge in [-0.2, -0.15) is 4.31 Å². The molecular weight excluding hydrogens is 398 g/mol. The summed E-state index contributed by atoms with van der Waals surface area (Å²) in [6.45, 7) is 2.50. The van der Waals surface area contributed by atoms with Gasteiger partial charge in [-0.15, -0.1) is 0 Å². The van der Waals surface area contributed by atoms with Crippen molar-refractivity contribution in [3.05, 3.63) is 27.1 Å². The zero-order chi connectivity index (χ0) is 14.2. The average Bonchev–Trinajstić information content (AvgIpc) is 2.77. The van der Waals surface area contributed by atoms with Crippen molar-refractivity contribution >= 4 is 41.9 Å². The first kappa shape index (κ1) is 15.4. The third-order valence-corrected chi connectivity index (χ3v) is 6.72. The summed E-state index contributed by atoms with van der Waals surface area (Å²) in [4.78, 5) is 0.267. The molecule has 2 atom stereocenters. The Morgan fingerprint density at radius 3 is 2.63 bits per heavy atom. The molecule has 106 valence electrons. The lowest BCUT2D eigenvalue weighted by atomic mass is 10.2. The summed E-state index contributed by atoms with van der Waals surface area (Å²) in [5, 5.41) is 0. The molecule has 0 bridgehead atoms. The Hall–Kier alpha value is 0.0500. The lowest BCUT2D eigenvalue weighted by molar-refractivity contribution is 0.102. The van der Waals surface area contributed by atoms with Crippen molar-refractivity contribution in [1.29, 1.82) is 0 Å². The molecule has 0 amide bonds. The molecular formula is C12H15Br2NO3S. The van der Waals surface area contributed by atoms with E-state index in [0.717, 1.165) is 10.9 Å². The maximum Gasteiger partial charge on any atom is 0.244 e. The predicted octanol–water partition coefficient (Wildman–Crippen LogP) is 3.01. The Kier molecular flexibility index (Phi) is 4.72. The summed E-state index contributed by atoms with van der Waals surface area (Å²) in [5.74, 6) is 0. The number of rotatable bonds is 3. The molecule has 0 saturated carbocycles. The molecule has 0 aromatic heterocycles. The predicted molar refractivity (Wildman–Crippen MR) is 80.6 cm³/mol. The van der Waals surface area contributed by atoms with Gasteiger partial charge in [0, 0.05) is 22.6 Å². The highest BCUT2D eigenvalue weighted by Crippen LogP contribution is 2.30. The maximum atomic E-state index is 12.7. The van der Waals surface area contributed by atoms with Crippen molar-refractivity contribution in [3.63, 3.8) is 0 Å². The Bertz CT molecular complexity index is 576. The van der Waals surface area contributed by atoms with Gasteiger partial charge in [-0.25, -0.2) is 8.42 Å². The van der Waals surface area contributed by atoms with Crippen LogP contribution in [0.2, 0.25) is 0 Å². The summed E-state index contributed by atoms with van der Waals surface area (Å²) in [5.41, 5.74) is 0. The molecule has 4 nitrogen and oxygen atoms in total. The molecule has 0 aliphatic carbocycles. The van der Waals surface area contributed by atoms with Crippen LogP contribution in [-0.4, -0.2) is 38.5 Å². The molecule has 1 aromatic carbocycles. The van der Waals surface area contributed by atoms with Crippen molar-refractivity contribution in [2.24, 2.45) is 0 Å². The number of likely N-dealkylation sites (N-methyl/N-ethyl adjacent to an activating group) is 1. The molecule has 0 radical (unpaired) electrons. The van der Waals surface area contributed by atoms with Gasteiger partial charge in [-0.3, -0.25) is 0 Å². The van der Waals surface area contributed by atoms with E-state index in [1.165, 1.54) is 4.31 Å². The van der Waals surface area contributed by atoms with Crippen LogP contribution in [0.3, 0.4) is 0 Å². The lowest BCUT2D eigenvalue weighted by Gasteiger charge is -2.26. The number of nitrogens with zero attached hydrogens (tertiary/aromatic N) is 1. The fourth-order valence-electron chi connectivity index (χ4n) is 2.21. The monoisotopic (exact) mass is 411 g/mol. The summed E-state index contributed by atoms with van der Waals surface area (Å²) in [6, 6.07) is 5.01. The number of sulfonamides is 1. The van der Waals surface area contributed by atoms with E-state index in [1.807, 2.05) is 6.92 Å². The van der Waals surface area contributed by atoms with E-state index in [1.54, 1.807) is 25.2 Å². The van der Waals surface area contributed by atoms with Gasteiger partial charge in [0.05, 0.1) is 17.0 Å². The van der Waals surface area contributed by atoms with Gasteiger partial charge in [0.15, 0.2) is 0 Å². The van der Waals surface area contributed by atoms with Gasteiger partial charge < -0.3 is 4.74 Å². The van der Waals surface area contributed by atoms with Crippen molar-refractivity contribution in [1.82, 2.24) is 4.31 Å². The topological polar surface area (TPSA) is 46.6 Å². The van der Waals surface area contributed by atoms with Crippen LogP contribution in [0.4, 0.5) is 0 Å². The van der Waals surface area contributed by atoms with Crippen LogP contribution < -0.4 is 0 Å². The van der Waals surface area contributed by atoms with E-state index in [2.05, 4.69) is 31.9 Å². The minimum absolute atomic E-state index is 0.0781. The van der Waals surface area contributed by atoms with Crippen LogP contribution in [0, 0.1) is 0 Å². The highest BCUT2D eigenvalue weighted by Gasteiger charge is 2.36. The zero-order valence-corrected chi connectivity index (χ0v) is 14.6. The van der Waals surface area contributed by atoms with E-state index in [0.29, 0.717) is 11.1 Å². The SMILES string of the molecule is CC1OCCC1N(C)S(=O)(=O)c1cc(Br)ccc1Br. The Morgan fingerprint density at radius 2 is 2.05 bits per heavy atom. The Labute approximate surface area is 130 Å². The van der Waals surface area contributed by atoms with Crippen molar-refractivity contribution in [2.75, 3.05) is 13.7 Å². The van der Waals surface area contributed by atoms with Crippen LogP contribution in [0.25, 0.3) is 0 Å². The second kappa shape index (κ2) is 5.81. The molecule has 1 aromatic rings. The van der Waals surface area contributed by atoms with Gasteiger partial charge >= 0.3 is 0 Å². The van der Waals surface area contributed by atoms with E-state index in [-0.39, 0.29) is 17.0 Å². The average molecular weight is 413 g/mol. The van der Waals surface area contributed by atoms with Gasteiger partial charge in [0.1, 0.15) is 0 Å². The van der Waals surface area contributed by atoms with E-state index < -0.39 is 10.0 Å². The highest BCUT2D eigenvalue weighted by molar-refractivity contribution is 9.11. The molecule has 7 heteroatoms. The van der Waals surface area contributed by atoms with Crippen molar-refractivity contribution in [2.45, 2.75) is 30.4 Å². The molecule has 0 spiro atoms. The van der Waals surface area contributed by atoms with Crippen LogP contribution in [-0.2, 0) is 14.8 Å². The lowest BCUT2D eigenvalue weighted by Crippen LogP contribution is -2.41. The molecule has 19 heavy (non-hydrogen) atoms. The van der Waals surface area contributed by atoms with Gasteiger partial charge in [0.25, 0.3) is 0 Å². The number of hydrogen-bond acceptors (Lipinski definition) is 3. The van der Waals surface area contributed by atoms with Crippen LogP contribution in [0.1, 0.15) is 13.3 Å².